The number of carbonyl (C=O) groups is 1. The summed E-state index contributed by atoms with van der Waals surface area (Å²) in [5, 5.41) is 15.6. The molecule has 0 bridgehead atoms. The lowest BCUT2D eigenvalue weighted by Gasteiger charge is -2.43. The van der Waals surface area contributed by atoms with E-state index in [-0.39, 0.29) is 17.6 Å². The largest absolute Gasteiger partial charge is 0.454 e. The molecule has 6 nitrogen and oxygen atoms in total. The van der Waals surface area contributed by atoms with Crippen LogP contribution in [-0.2, 0) is 15.1 Å². The Bertz CT molecular complexity index is 1040. The van der Waals surface area contributed by atoms with Crippen LogP contribution in [0.1, 0.15) is 56.1 Å². The van der Waals surface area contributed by atoms with Gasteiger partial charge in [0.15, 0.2) is 11.6 Å². The molecule has 7 heteroatoms. The number of para-hydroxylation sites is 2. The maximum absolute atomic E-state index is 15.3. The van der Waals surface area contributed by atoms with Crippen LogP contribution in [0.2, 0.25) is 0 Å². The van der Waals surface area contributed by atoms with E-state index in [0.717, 1.165) is 44.3 Å². The van der Waals surface area contributed by atoms with Crippen molar-refractivity contribution in [2.75, 3.05) is 39.9 Å². The average Bonchev–Trinajstić information content (AvgIpc) is 2.88. The zero-order chi connectivity index (χ0) is 26.3. The summed E-state index contributed by atoms with van der Waals surface area (Å²) in [5.41, 5.74) is -0.00510. The number of aryl methyl sites for hydroxylation is 1. The van der Waals surface area contributed by atoms with E-state index in [2.05, 4.69) is 5.32 Å². The molecule has 1 amide bonds. The minimum Gasteiger partial charge on any atom is -0.454 e. The fourth-order valence-corrected chi connectivity index (χ4v) is 5.57. The highest BCUT2D eigenvalue weighted by molar-refractivity contribution is 5.76. The van der Waals surface area contributed by atoms with Crippen LogP contribution in [0.3, 0.4) is 0 Å². The fraction of sp³-hybridized carbons (Fsp3) is 0.567. The lowest BCUT2D eigenvalue weighted by Crippen LogP contribution is -2.48. The molecule has 202 valence electrons. The molecule has 2 saturated heterocycles. The van der Waals surface area contributed by atoms with E-state index >= 15 is 4.39 Å². The van der Waals surface area contributed by atoms with Gasteiger partial charge in [-0.25, -0.2) is 4.39 Å². The number of amides is 1. The summed E-state index contributed by atoms with van der Waals surface area (Å²) in [4.78, 5) is 15.0. The maximum Gasteiger partial charge on any atom is 0.222 e. The molecule has 4 rings (SSSR count). The Morgan fingerprint density at radius 2 is 2.00 bits per heavy atom. The van der Waals surface area contributed by atoms with Gasteiger partial charge >= 0.3 is 0 Å². The first-order valence-electron chi connectivity index (χ1n) is 13.6. The number of piperidine rings is 1. The second kappa shape index (κ2) is 12.9. The lowest BCUT2D eigenvalue weighted by atomic mass is 9.73. The topological polar surface area (TPSA) is 71.0 Å². The molecular formula is C30H41FN2O4. The molecule has 0 radical (unpaired) electrons. The van der Waals surface area contributed by atoms with Crippen molar-refractivity contribution in [1.82, 2.24) is 10.2 Å². The summed E-state index contributed by atoms with van der Waals surface area (Å²) in [5.74, 6) is 0.617. The van der Waals surface area contributed by atoms with Crippen LogP contribution in [0.25, 0.3) is 0 Å². The van der Waals surface area contributed by atoms with Crippen LogP contribution in [0.15, 0.2) is 42.5 Å². The molecule has 0 aliphatic carbocycles. The predicted octanol–water partition coefficient (Wildman–Crippen LogP) is 5.17. The van der Waals surface area contributed by atoms with Gasteiger partial charge in [0, 0.05) is 44.7 Å². The van der Waals surface area contributed by atoms with Crippen LogP contribution < -0.4 is 10.1 Å². The summed E-state index contributed by atoms with van der Waals surface area (Å²) < 4.78 is 26.7. The minimum absolute atomic E-state index is 0.0620. The van der Waals surface area contributed by atoms with Gasteiger partial charge in [0.25, 0.3) is 0 Å². The molecule has 2 aromatic carbocycles. The molecule has 2 aromatic rings. The standard InChI is InChI=1S/C30H41FN2O4/c1-22-9-3-4-13-27(22)37-29-25(11-7-12-26(29)31)30(35,16-5-6-18-36-2)24-10-8-17-33(21-24)28(34)15-14-23-19-32-20-23/h3-4,7,9,11-13,23-24,32,35H,5-6,8,10,14-21H2,1-2H3/t24-,30+/m1/s1. The summed E-state index contributed by atoms with van der Waals surface area (Å²) in [6.45, 7) is 5.64. The Morgan fingerprint density at radius 1 is 1.19 bits per heavy atom. The quantitative estimate of drug-likeness (QED) is 0.384. The van der Waals surface area contributed by atoms with Crippen molar-refractivity contribution in [1.29, 1.82) is 0 Å². The van der Waals surface area contributed by atoms with E-state index in [1.807, 2.05) is 36.1 Å². The highest BCUT2D eigenvalue weighted by Gasteiger charge is 2.43. The molecule has 0 unspecified atom stereocenters. The maximum atomic E-state index is 15.3. The highest BCUT2D eigenvalue weighted by Crippen LogP contribution is 2.45. The number of hydrogen-bond donors (Lipinski definition) is 2. The Labute approximate surface area is 220 Å². The van der Waals surface area contributed by atoms with Crippen LogP contribution >= 0.6 is 0 Å². The van der Waals surface area contributed by atoms with Gasteiger partial charge in [-0.15, -0.1) is 0 Å². The van der Waals surface area contributed by atoms with Gasteiger partial charge in [0.2, 0.25) is 5.91 Å². The third-order valence-corrected chi connectivity index (χ3v) is 7.98. The number of nitrogens with zero attached hydrogens (tertiary/aromatic N) is 1. The second-order valence-corrected chi connectivity index (χ2v) is 10.6. The molecule has 0 saturated carbocycles. The molecule has 0 spiro atoms. The Kier molecular flexibility index (Phi) is 9.57. The van der Waals surface area contributed by atoms with Gasteiger partial charge in [-0.3, -0.25) is 4.79 Å². The third kappa shape index (κ3) is 6.70. The van der Waals surface area contributed by atoms with Crippen molar-refractivity contribution in [3.8, 4) is 11.5 Å². The number of unbranched alkanes of at least 4 members (excludes halogenated alkanes) is 1. The molecule has 37 heavy (non-hydrogen) atoms. The molecule has 2 heterocycles. The molecule has 2 aliphatic heterocycles. The van der Waals surface area contributed by atoms with E-state index in [1.54, 1.807) is 19.2 Å². The van der Waals surface area contributed by atoms with Crippen LogP contribution in [-0.4, -0.2) is 55.8 Å². The van der Waals surface area contributed by atoms with Gasteiger partial charge in [-0.2, -0.15) is 0 Å². The van der Waals surface area contributed by atoms with Gasteiger partial charge in [-0.1, -0.05) is 30.3 Å². The Morgan fingerprint density at radius 3 is 2.73 bits per heavy atom. The van der Waals surface area contributed by atoms with Crippen LogP contribution in [0, 0.1) is 24.6 Å². The Balaban J connectivity index is 1.60. The lowest BCUT2D eigenvalue weighted by molar-refractivity contribution is -0.137. The van der Waals surface area contributed by atoms with E-state index in [0.29, 0.717) is 56.2 Å². The monoisotopic (exact) mass is 512 g/mol. The molecule has 2 N–H and O–H groups in total. The summed E-state index contributed by atoms with van der Waals surface area (Å²) in [7, 11) is 1.66. The van der Waals surface area contributed by atoms with Crippen molar-refractivity contribution >= 4 is 5.91 Å². The molecule has 2 fully saturated rings. The Hall–Kier alpha value is -2.48. The van der Waals surface area contributed by atoms with Gasteiger partial charge in [0.1, 0.15) is 5.75 Å². The van der Waals surface area contributed by atoms with Crippen molar-refractivity contribution in [3.63, 3.8) is 0 Å². The first-order chi connectivity index (χ1) is 17.9. The smallest absolute Gasteiger partial charge is 0.222 e. The minimum atomic E-state index is -1.34. The van der Waals surface area contributed by atoms with Gasteiger partial charge in [0.05, 0.1) is 5.60 Å². The summed E-state index contributed by atoms with van der Waals surface area (Å²) >= 11 is 0. The first-order valence-corrected chi connectivity index (χ1v) is 13.6. The van der Waals surface area contributed by atoms with E-state index in [9.17, 15) is 9.90 Å². The third-order valence-electron chi connectivity index (χ3n) is 7.98. The van der Waals surface area contributed by atoms with E-state index in [1.165, 1.54) is 6.07 Å². The van der Waals surface area contributed by atoms with Crippen molar-refractivity contribution in [2.45, 2.75) is 57.5 Å². The van der Waals surface area contributed by atoms with Crippen LogP contribution in [0.5, 0.6) is 11.5 Å². The summed E-state index contributed by atoms with van der Waals surface area (Å²) in [6.07, 6.45) is 4.93. The van der Waals surface area contributed by atoms with Crippen molar-refractivity contribution in [3.05, 3.63) is 59.4 Å². The average molecular weight is 513 g/mol. The highest BCUT2D eigenvalue weighted by atomic mass is 19.1. The summed E-state index contributed by atoms with van der Waals surface area (Å²) in [6, 6.07) is 12.3. The van der Waals surface area contributed by atoms with Crippen LogP contribution in [0.4, 0.5) is 4.39 Å². The SMILES string of the molecule is COCCCC[C@@](O)(c1cccc(F)c1Oc1ccccc1C)[C@@H]1CCCN(C(=O)CCC2CNC2)C1. The molecular weight excluding hydrogens is 471 g/mol. The predicted molar refractivity (Wildman–Crippen MR) is 142 cm³/mol. The van der Waals surface area contributed by atoms with Gasteiger partial charge < -0.3 is 24.8 Å². The molecule has 2 atom stereocenters. The normalized spacial score (nSPS) is 19.8. The number of hydrogen-bond acceptors (Lipinski definition) is 5. The number of carbonyl (C=O) groups excluding carboxylic acids is 1. The second-order valence-electron chi connectivity index (χ2n) is 10.6. The number of methoxy groups -OCH3 is 1. The fourth-order valence-electron chi connectivity index (χ4n) is 5.57. The number of aliphatic hydroxyl groups is 1. The zero-order valence-corrected chi connectivity index (χ0v) is 22.2. The van der Waals surface area contributed by atoms with Gasteiger partial charge in [-0.05, 0) is 82.2 Å². The van der Waals surface area contributed by atoms with Crippen molar-refractivity contribution in [2.24, 2.45) is 11.8 Å². The number of rotatable bonds is 12. The molecule has 2 aliphatic rings. The van der Waals surface area contributed by atoms with Crippen molar-refractivity contribution < 1.29 is 23.8 Å². The zero-order valence-electron chi connectivity index (χ0n) is 22.2. The number of likely N-dealkylation sites (tertiary alicyclic amines) is 1. The van der Waals surface area contributed by atoms with E-state index in [4.69, 9.17) is 9.47 Å². The first kappa shape index (κ1) is 27.6. The van der Waals surface area contributed by atoms with E-state index < -0.39 is 11.4 Å². The number of ether oxygens (including phenoxy) is 2. The number of halogens is 1. The molecule has 0 aromatic heterocycles. The number of benzene rings is 2. The number of nitrogens with one attached hydrogen (secondary N) is 1.